The normalized spacial score (nSPS) is 13.0. The van der Waals surface area contributed by atoms with Crippen LogP contribution in [-0.2, 0) is 9.59 Å². The maximum atomic E-state index is 11.8. The zero-order valence-electron chi connectivity index (χ0n) is 13.2. The Balaban J connectivity index is 2.31. The highest BCUT2D eigenvalue weighted by molar-refractivity contribution is 5.86. The highest BCUT2D eigenvalue weighted by atomic mass is 16.5. The molecule has 0 saturated carbocycles. The molecule has 22 heavy (non-hydrogen) atoms. The number of amides is 1. The van der Waals surface area contributed by atoms with Crippen LogP contribution >= 0.6 is 0 Å². The van der Waals surface area contributed by atoms with Gasteiger partial charge in [-0.15, -0.1) is 0 Å². The predicted octanol–water partition coefficient (Wildman–Crippen LogP) is 2.22. The van der Waals surface area contributed by atoms with Gasteiger partial charge in [0.2, 0.25) is 5.91 Å². The van der Waals surface area contributed by atoms with Crippen LogP contribution in [0, 0.1) is 0 Å². The van der Waals surface area contributed by atoms with Crippen molar-refractivity contribution in [1.29, 1.82) is 0 Å². The number of hydrogen-bond donors (Lipinski definition) is 2. The molecule has 0 bridgehead atoms. The van der Waals surface area contributed by atoms with E-state index >= 15 is 0 Å². The molecule has 1 unspecified atom stereocenters. The fourth-order valence-electron chi connectivity index (χ4n) is 1.76. The molecule has 6 nitrogen and oxygen atoms in total. The SMILES string of the molecule is CCC(C)(NC(=O)CCCOc1ccc(OC)cc1)C(=O)O. The predicted molar refractivity (Wildman–Crippen MR) is 82.2 cm³/mol. The topological polar surface area (TPSA) is 84.9 Å². The maximum absolute atomic E-state index is 11.8. The molecule has 0 aliphatic rings. The summed E-state index contributed by atoms with van der Waals surface area (Å²) in [7, 11) is 1.59. The first kappa shape index (κ1) is 17.8. The third-order valence-electron chi connectivity index (χ3n) is 3.47. The number of nitrogens with one attached hydrogen (secondary N) is 1. The quantitative estimate of drug-likeness (QED) is 0.683. The van der Waals surface area contributed by atoms with Gasteiger partial charge < -0.3 is 19.9 Å². The highest BCUT2D eigenvalue weighted by Gasteiger charge is 2.32. The summed E-state index contributed by atoms with van der Waals surface area (Å²) in [6.45, 7) is 3.61. The Morgan fingerprint density at radius 2 is 1.82 bits per heavy atom. The fraction of sp³-hybridized carbons (Fsp3) is 0.500. The van der Waals surface area contributed by atoms with E-state index in [1.807, 2.05) is 0 Å². The van der Waals surface area contributed by atoms with Crippen molar-refractivity contribution >= 4 is 11.9 Å². The van der Waals surface area contributed by atoms with Gasteiger partial charge in [-0.25, -0.2) is 4.79 Å². The van der Waals surface area contributed by atoms with E-state index in [4.69, 9.17) is 14.6 Å². The average molecular weight is 309 g/mol. The Hall–Kier alpha value is -2.24. The van der Waals surface area contributed by atoms with Crippen LogP contribution < -0.4 is 14.8 Å². The molecule has 0 aliphatic carbocycles. The van der Waals surface area contributed by atoms with Crippen LogP contribution in [0.4, 0.5) is 0 Å². The van der Waals surface area contributed by atoms with Crippen molar-refractivity contribution in [2.75, 3.05) is 13.7 Å². The first-order valence-corrected chi connectivity index (χ1v) is 7.22. The van der Waals surface area contributed by atoms with Gasteiger partial charge >= 0.3 is 5.97 Å². The largest absolute Gasteiger partial charge is 0.497 e. The first-order valence-electron chi connectivity index (χ1n) is 7.22. The zero-order valence-corrected chi connectivity index (χ0v) is 13.2. The lowest BCUT2D eigenvalue weighted by Crippen LogP contribution is -2.51. The highest BCUT2D eigenvalue weighted by Crippen LogP contribution is 2.17. The molecule has 0 saturated heterocycles. The van der Waals surface area contributed by atoms with Gasteiger partial charge in [0, 0.05) is 6.42 Å². The van der Waals surface area contributed by atoms with Crippen molar-refractivity contribution in [3.8, 4) is 11.5 Å². The van der Waals surface area contributed by atoms with Crippen LogP contribution in [0.15, 0.2) is 24.3 Å². The number of carboxylic acid groups (broad SMARTS) is 1. The van der Waals surface area contributed by atoms with Gasteiger partial charge in [-0.05, 0) is 44.0 Å². The van der Waals surface area contributed by atoms with E-state index in [-0.39, 0.29) is 12.3 Å². The van der Waals surface area contributed by atoms with E-state index in [9.17, 15) is 9.59 Å². The van der Waals surface area contributed by atoms with Gasteiger partial charge in [0.25, 0.3) is 0 Å². The number of benzene rings is 1. The monoisotopic (exact) mass is 309 g/mol. The average Bonchev–Trinajstić information content (AvgIpc) is 2.51. The number of ether oxygens (including phenoxy) is 2. The van der Waals surface area contributed by atoms with Crippen molar-refractivity contribution < 1.29 is 24.2 Å². The fourth-order valence-corrected chi connectivity index (χ4v) is 1.76. The van der Waals surface area contributed by atoms with Gasteiger partial charge in [-0.3, -0.25) is 4.79 Å². The summed E-state index contributed by atoms with van der Waals surface area (Å²) in [4.78, 5) is 22.9. The minimum Gasteiger partial charge on any atom is -0.497 e. The summed E-state index contributed by atoms with van der Waals surface area (Å²) in [5.74, 6) is 0.132. The Morgan fingerprint density at radius 1 is 1.23 bits per heavy atom. The van der Waals surface area contributed by atoms with E-state index in [0.29, 0.717) is 25.2 Å². The molecule has 0 aliphatic heterocycles. The standard InChI is InChI=1S/C16H23NO5/c1-4-16(2,15(19)20)17-14(18)6-5-11-22-13-9-7-12(21-3)8-10-13/h7-10H,4-6,11H2,1-3H3,(H,17,18)(H,19,20). The molecule has 1 aromatic carbocycles. The van der Waals surface area contributed by atoms with Crippen LogP contribution in [0.2, 0.25) is 0 Å². The van der Waals surface area contributed by atoms with Crippen molar-refractivity contribution in [3.05, 3.63) is 24.3 Å². The molecule has 0 spiro atoms. The lowest BCUT2D eigenvalue weighted by Gasteiger charge is -2.24. The van der Waals surface area contributed by atoms with Crippen molar-refractivity contribution in [2.45, 2.75) is 38.6 Å². The van der Waals surface area contributed by atoms with Gasteiger partial charge in [-0.1, -0.05) is 6.92 Å². The molecular weight excluding hydrogens is 286 g/mol. The summed E-state index contributed by atoms with van der Waals surface area (Å²) < 4.78 is 10.6. The van der Waals surface area contributed by atoms with Crippen molar-refractivity contribution in [1.82, 2.24) is 5.32 Å². The van der Waals surface area contributed by atoms with E-state index < -0.39 is 11.5 Å². The van der Waals surface area contributed by atoms with Gasteiger partial charge in [0.05, 0.1) is 13.7 Å². The van der Waals surface area contributed by atoms with Gasteiger partial charge in [0.15, 0.2) is 0 Å². The van der Waals surface area contributed by atoms with Crippen LogP contribution in [0.5, 0.6) is 11.5 Å². The second kappa shape index (κ2) is 8.26. The Labute approximate surface area is 130 Å². The second-order valence-corrected chi connectivity index (χ2v) is 5.17. The lowest BCUT2D eigenvalue weighted by molar-refractivity contribution is -0.147. The third-order valence-corrected chi connectivity index (χ3v) is 3.47. The van der Waals surface area contributed by atoms with Gasteiger partial charge in [-0.2, -0.15) is 0 Å². The van der Waals surface area contributed by atoms with E-state index in [1.165, 1.54) is 6.92 Å². The van der Waals surface area contributed by atoms with E-state index in [1.54, 1.807) is 38.3 Å². The summed E-state index contributed by atoms with van der Waals surface area (Å²) in [5.41, 5.74) is -1.21. The maximum Gasteiger partial charge on any atom is 0.329 e. The molecular formula is C16H23NO5. The van der Waals surface area contributed by atoms with Crippen LogP contribution in [0.25, 0.3) is 0 Å². The molecule has 1 rings (SSSR count). The van der Waals surface area contributed by atoms with Crippen molar-refractivity contribution in [3.63, 3.8) is 0 Å². The third kappa shape index (κ3) is 5.27. The number of carbonyl (C=O) groups is 2. The number of hydrogen-bond acceptors (Lipinski definition) is 4. The molecule has 0 fully saturated rings. The number of methoxy groups -OCH3 is 1. The Morgan fingerprint density at radius 3 is 2.32 bits per heavy atom. The Bertz CT molecular complexity index is 500. The molecule has 1 aromatic rings. The van der Waals surface area contributed by atoms with Crippen molar-refractivity contribution in [2.24, 2.45) is 0 Å². The minimum atomic E-state index is -1.21. The lowest BCUT2D eigenvalue weighted by atomic mass is 9.99. The second-order valence-electron chi connectivity index (χ2n) is 5.17. The summed E-state index contributed by atoms with van der Waals surface area (Å²) in [5, 5.41) is 11.6. The molecule has 0 heterocycles. The Kier molecular flexibility index (Phi) is 6.69. The number of rotatable bonds is 9. The van der Waals surface area contributed by atoms with E-state index in [2.05, 4.69) is 5.32 Å². The zero-order chi connectivity index (χ0) is 16.6. The molecule has 1 amide bonds. The summed E-state index contributed by atoms with van der Waals surface area (Å²) >= 11 is 0. The summed E-state index contributed by atoms with van der Waals surface area (Å²) in [6, 6.07) is 7.16. The molecule has 0 aromatic heterocycles. The molecule has 122 valence electrons. The molecule has 6 heteroatoms. The number of carboxylic acids is 1. The molecule has 1 atom stereocenters. The number of carbonyl (C=O) groups excluding carboxylic acids is 1. The number of aliphatic carboxylic acids is 1. The first-order chi connectivity index (χ1) is 10.4. The van der Waals surface area contributed by atoms with Crippen LogP contribution in [0.1, 0.15) is 33.1 Å². The molecule has 0 radical (unpaired) electrons. The smallest absolute Gasteiger partial charge is 0.329 e. The van der Waals surface area contributed by atoms with E-state index in [0.717, 1.165) is 5.75 Å². The minimum absolute atomic E-state index is 0.221. The molecule has 2 N–H and O–H groups in total. The van der Waals surface area contributed by atoms with Crippen LogP contribution in [-0.4, -0.2) is 36.2 Å². The van der Waals surface area contributed by atoms with Crippen LogP contribution in [0.3, 0.4) is 0 Å². The summed E-state index contributed by atoms with van der Waals surface area (Å²) in [6.07, 6.45) is 1.06. The van der Waals surface area contributed by atoms with Gasteiger partial charge in [0.1, 0.15) is 17.0 Å².